The Labute approximate surface area is 110 Å². The quantitative estimate of drug-likeness (QED) is 0.757. The molecule has 1 unspecified atom stereocenters. The first-order valence-corrected chi connectivity index (χ1v) is 6.77. The molecule has 0 aromatic carbocycles. The average Bonchev–Trinajstić information content (AvgIpc) is 2.49. The number of rotatable bonds is 2. The number of hydrogen-bond acceptors (Lipinski definition) is 3. The van der Waals surface area contributed by atoms with Crippen LogP contribution in [-0.4, -0.2) is 29.7 Å². The number of likely N-dealkylation sites (tertiary alicyclic amines) is 1. The van der Waals surface area contributed by atoms with Crippen molar-refractivity contribution in [1.82, 2.24) is 4.90 Å². The zero-order chi connectivity index (χ0) is 13.6. The maximum Gasteiger partial charge on any atom is 0.410 e. The van der Waals surface area contributed by atoms with E-state index in [0.29, 0.717) is 12.3 Å². The predicted octanol–water partition coefficient (Wildman–Crippen LogP) is 3.33. The third-order valence-corrected chi connectivity index (χ3v) is 3.09. The molecule has 1 fully saturated rings. The molecule has 0 spiro atoms. The molecule has 0 saturated carbocycles. The number of carbonyl (C=O) groups is 1. The fourth-order valence-electron chi connectivity index (χ4n) is 2.23. The lowest BCUT2D eigenvalue weighted by atomic mass is 9.98. The second kappa shape index (κ2) is 6.63. The second-order valence-corrected chi connectivity index (χ2v) is 5.98. The zero-order valence-electron chi connectivity index (χ0n) is 11.7. The van der Waals surface area contributed by atoms with Crippen LogP contribution in [0.4, 0.5) is 4.79 Å². The lowest BCUT2D eigenvalue weighted by Gasteiger charge is -2.28. The van der Waals surface area contributed by atoms with Crippen molar-refractivity contribution in [2.24, 2.45) is 5.92 Å². The molecule has 0 aromatic rings. The molecular formula is C14H24N2O2. The number of carbonyl (C=O) groups excluding carboxylic acids is 1. The molecule has 4 nitrogen and oxygen atoms in total. The summed E-state index contributed by atoms with van der Waals surface area (Å²) in [6, 6.07) is 2.18. The molecule has 18 heavy (non-hydrogen) atoms. The first-order valence-electron chi connectivity index (χ1n) is 6.77. The normalized spacial score (nSPS) is 21.0. The fourth-order valence-corrected chi connectivity index (χ4v) is 2.23. The summed E-state index contributed by atoms with van der Waals surface area (Å²) in [7, 11) is 0. The molecule has 1 rings (SSSR count). The van der Waals surface area contributed by atoms with Gasteiger partial charge in [0.1, 0.15) is 5.60 Å². The Hall–Kier alpha value is -1.24. The van der Waals surface area contributed by atoms with E-state index in [1.807, 2.05) is 20.8 Å². The van der Waals surface area contributed by atoms with Crippen LogP contribution in [0.1, 0.15) is 52.9 Å². The van der Waals surface area contributed by atoms with E-state index in [9.17, 15) is 4.79 Å². The topological polar surface area (TPSA) is 53.3 Å². The van der Waals surface area contributed by atoms with Crippen molar-refractivity contribution in [3.63, 3.8) is 0 Å². The van der Waals surface area contributed by atoms with E-state index in [1.165, 1.54) is 0 Å². The van der Waals surface area contributed by atoms with Gasteiger partial charge in [0.25, 0.3) is 0 Å². The molecule has 1 aliphatic rings. The summed E-state index contributed by atoms with van der Waals surface area (Å²) in [6.07, 6.45) is 4.52. The summed E-state index contributed by atoms with van der Waals surface area (Å²) in [5.41, 5.74) is -0.439. The van der Waals surface area contributed by atoms with Gasteiger partial charge in [0.15, 0.2) is 0 Å². The van der Waals surface area contributed by atoms with Crippen LogP contribution < -0.4 is 0 Å². The molecule has 1 aliphatic heterocycles. The third-order valence-electron chi connectivity index (χ3n) is 3.09. The Morgan fingerprint density at radius 2 is 2.17 bits per heavy atom. The summed E-state index contributed by atoms with van der Waals surface area (Å²) in [5.74, 6) is 0.444. The van der Waals surface area contributed by atoms with Crippen LogP contribution in [0.25, 0.3) is 0 Å². The van der Waals surface area contributed by atoms with Crippen molar-refractivity contribution in [2.45, 2.75) is 58.5 Å². The molecular weight excluding hydrogens is 228 g/mol. The van der Waals surface area contributed by atoms with Crippen molar-refractivity contribution in [2.75, 3.05) is 13.1 Å². The van der Waals surface area contributed by atoms with Gasteiger partial charge in [-0.15, -0.1) is 0 Å². The van der Waals surface area contributed by atoms with Crippen LogP contribution in [0.15, 0.2) is 0 Å². The largest absolute Gasteiger partial charge is 0.444 e. The molecule has 1 saturated heterocycles. The van der Waals surface area contributed by atoms with Gasteiger partial charge in [-0.3, -0.25) is 0 Å². The fraction of sp³-hybridized carbons (Fsp3) is 0.857. The van der Waals surface area contributed by atoms with Crippen LogP contribution >= 0.6 is 0 Å². The Morgan fingerprint density at radius 3 is 2.78 bits per heavy atom. The summed E-state index contributed by atoms with van der Waals surface area (Å²) >= 11 is 0. The number of amides is 1. The minimum absolute atomic E-state index is 0.216. The summed E-state index contributed by atoms with van der Waals surface area (Å²) in [5, 5.41) is 8.64. The Bertz CT molecular complexity index is 315. The summed E-state index contributed by atoms with van der Waals surface area (Å²) in [6.45, 7) is 7.16. The molecule has 102 valence electrons. The van der Waals surface area contributed by atoms with E-state index < -0.39 is 5.60 Å². The molecule has 0 N–H and O–H groups in total. The van der Waals surface area contributed by atoms with Gasteiger partial charge in [-0.2, -0.15) is 5.26 Å². The SMILES string of the molecule is CC(C)(C)OC(=O)N1CCCCC(CCC#N)C1. The van der Waals surface area contributed by atoms with Crippen LogP contribution in [0.2, 0.25) is 0 Å². The first-order chi connectivity index (χ1) is 8.42. The number of ether oxygens (including phenoxy) is 1. The third kappa shape index (κ3) is 5.39. The average molecular weight is 252 g/mol. The van der Waals surface area contributed by atoms with Crippen molar-refractivity contribution in [1.29, 1.82) is 5.26 Å². The van der Waals surface area contributed by atoms with Gasteiger partial charge in [0, 0.05) is 19.5 Å². The van der Waals surface area contributed by atoms with Gasteiger partial charge < -0.3 is 9.64 Å². The second-order valence-electron chi connectivity index (χ2n) is 5.98. The van der Waals surface area contributed by atoms with E-state index in [0.717, 1.165) is 38.8 Å². The van der Waals surface area contributed by atoms with Crippen LogP contribution in [-0.2, 0) is 4.74 Å². The maximum absolute atomic E-state index is 12.0. The van der Waals surface area contributed by atoms with Gasteiger partial charge in [0.05, 0.1) is 6.07 Å². The number of nitriles is 1. The van der Waals surface area contributed by atoms with Gasteiger partial charge >= 0.3 is 6.09 Å². The lowest BCUT2D eigenvalue weighted by Crippen LogP contribution is -2.39. The smallest absolute Gasteiger partial charge is 0.410 e. The lowest BCUT2D eigenvalue weighted by molar-refractivity contribution is 0.0232. The highest BCUT2D eigenvalue weighted by Crippen LogP contribution is 2.22. The number of hydrogen-bond donors (Lipinski definition) is 0. The van der Waals surface area contributed by atoms with Crippen molar-refractivity contribution < 1.29 is 9.53 Å². The molecule has 1 heterocycles. The molecule has 4 heteroatoms. The molecule has 0 bridgehead atoms. The van der Waals surface area contributed by atoms with E-state index in [-0.39, 0.29) is 6.09 Å². The van der Waals surface area contributed by atoms with E-state index in [4.69, 9.17) is 10.00 Å². The monoisotopic (exact) mass is 252 g/mol. The highest BCUT2D eigenvalue weighted by molar-refractivity contribution is 5.68. The van der Waals surface area contributed by atoms with Crippen LogP contribution in [0.3, 0.4) is 0 Å². The highest BCUT2D eigenvalue weighted by Gasteiger charge is 2.26. The Kier molecular flexibility index (Phi) is 5.46. The Morgan fingerprint density at radius 1 is 1.44 bits per heavy atom. The standard InChI is InChI=1S/C14H24N2O2/c1-14(2,3)18-13(17)16-10-5-4-7-12(11-16)8-6-9-15/h12H,4-8,10-11H2,1-3H3. The zero-order valence-corrected chi connectivity index (χ0v) is 11.7. The first kappa shape index (κ1) is 14.8. The molecule has 0 radical (unpaired) electrons. The summed E-state index contributed by atoms with van der Waals surface area (Å²) < 4.78 is 5.41. The molecule has 0 aromatic heterocycles. The van der Waals surface area contributed by atoms with Crippen molar-refractivity contribution in [3.8, 4) is 6.07 Å². The van der Waals surface area contributed by atoms with E-state index in [1.54, 1.807) is 4.90 Å². The van der Waals surface area contributed by atoms with Crippen molar-refractivity contribution >= 4 is 6.09 Å². The molecule has 0 aliphatic carbocycles. The maximum atomic E-state index is 12.0. The number of nitrogens with zero attached hydrogens (tertiary/aromatic N) is 2. The molecule has 1 amide bonds. The minimum Gasteiger partial charge on any atom is -0.444 e. The van der Waals surface area contributed by atoms with Crippen LogP contribution in [0, 0.1) is 17.2 Å². The summed E-state index contributed by atoms with van der Waals surface area (Å²) in [4.78, 5) is 13.8. The van der Waals surface area contributed by atoms with Gasteiger partial charge in [-0.05, 0) is 46.0 Å². The van der Waals surface area contributed by atoms with Gasteiger partial charge in [-0.1, -0.05) is 6.42 Å². The Balaban J connectivity index is 2.53. The van der Waals surface area contributed by atoms with Gasteiger partial charge in [-0.25, -0.2) is 4.79 Å². The predicted molar refractivity (Wildman–Crippen MR) is 70.0 cm³/mol. The highest BCUT2D eigenvalue weighted by atomic mass is 16.6. The van der Waals surface area contributed by atoms with Crippen LogP contribution in [0.5, 0.6) is 0 Å². The van der Waals surface area contributed by atoms with Crippen molar-refractivity contribution in [3.05, 3.63) is 0 Å². The van der Waals surface area contributed by atoms with E-state index >= 15 is 0 Å². The molecule has 1 atom stereocenters. The van der Waals surface area contributed by atoms with E-state index in [2.05, 4.69) is 6.07 Å². The minimum atomic E-state index is -0.439. The van der Waals surface area contributed by atoms with Gasteiger partial charge in [0.2, 0.25) is 0 Å².